The highest BCUT2D eigenvalue weighted by Crippen LogP contribution is 2.19. The minimum Gasteiger partial charge on any atom is -0.373 e. The largest absolute Gasteiger partial charge is 0.373 e. The molecule has 6 heteroatoms. The highest BCUT2D eigenvalue weighted by atomic mass is 16.3. The topological polar surface area (TPSA) is 83.0 Å². The maximum Gasteiger partial charge on any atom is 0.257 e. The lowest BCUT2D eigenvalue weighted by Gasteiger charge is -2.14. The number of anilines is 1. The summed E-state index contributed by atoms with van der Waals surface area (Å²) in [6.07, 6.45) is -0.867. The lowest BCUT2D eigenvalue weighted by atomic mass is 10.1. The van der Waals surface area contributed by atoms with Gasteiger partial charge in [0.1, 0.15) is 11.9 Å². The van der Waals surface area contributed by atoms with Crippen molar-refractivity contribution in [3.05, 3.63) is 71.9 Å². The van der Waals surface area contributed by atoms with Crippen molar-refractivity contribution in [2.24, 2.45) is 0 Å². The molecule has 1 aromatic heterocycles. The van der Waals surface area contributed by atoms with Gasteiger partial charge in [0.25, 0.3) is 5.95 Å². The molecular formula is C17H17N5O. The van der Waals surface area contributed by atoms with Gasteiger partial charge in [-0.1, -0.05) is 60.7 Å². The Morgan fingerprint density at radius 2 is 1.57 bits per heavy atom. The molecule has 6 nitrogen and oxygen atoms in total. The molecule has 0 saturated carbocycles. The van der Waals surface area contributed by atoms with Crippen LogP contribution in [0, 0.1) is 6.92 Å². The summed E-state index contributed by atoms with van der Waals surface area (Å²) >= 11 is 0. The molecule has 1 atom stereocenters. The lowest BCUT2D eigenvalue weighted by Crippen LogP contribution is -2.28. The van der Waals surface area contributed by atoms with Crippen LogP contribution in [0.4, 0.5) is 5.95 Å². The van der Waals surface area contributed by atoms with Gasteiger partial charge in [-0.2, -0.15) is 0 Å². The van der Waals surface area contributed by atoms with Crippen LogP contribution in [0.1, 0.15) is 17.5 Å². The van der Waals surface area contributed by atoms with E-state index < -0.39 is 6.23 Å². The zero-order valence-corrected chi connectivity index (χ0v) is 12.6. The number of nitrogens with one attached hydrogen (secondary N) is 2. The van der Waals surface area contributed by atoms with E-state index in [2.05, 4.69) is 26.0 Å². The van der Waals surface area contributed by atoms with E-state index in [4.69, 9.17) is 0 Å². The van der Waals surface area contributed by atoms with E-state index in [1.165, 1.54) is 0 Å². The van der Waals surface area contributed by atoms with Crippen molar-refractivity contribution in [1.82, 2.24) is 20.6 Å². The minimum absolute atomic E-state index is 0.303. The van der Waals surface area contributed by atoms with Crippen molar-refractivity contribution in [2.75, 3.05) is 5.43 Å². The normalized spacial score (nSPS) is 11.9. The second-order valence-corrected chi connectivity index (χ2v) is 5.02. The molecule has 0 amide bonds. The van der Waals surface area contributed by atoms with Gasteiger partial charge >= 0.3 is 0 Å². The van der Waals surface area contributed by atoms with Crippen molar-refractivity contribution in [2.45, 2.75) is 13.2 Å². The third-order valence-corrected chi connectivity index (χ3v) is 3.34. The van der Waals surface area contributed by atoms with E-state index in [0.29, 0.717) is 5.95 Å². The molecule has 3 N–H and O–H groups in total. The number of benzene rings is 2. The van der Waals surface area contributed by atoms with Gasteiger partial charge in [0.05, 0.1) is 5.69 Å². The number of aromatic nitrogens is 3. The van der Waals surface area contributed by atoms with Crippen LogP contribution in [0.25, 0.3) is 11.3 Å². The highest BCUT2D eigenvalue weighted by Gasteiger charge is 2.09. The first-order valence-electron chi connectivity index (χ1n) is 7.25. The minimum atomic E-state index is -0.867. The van der Waals surface area contributed by atoms with Gasteiger partial charge in [0.15, 0.2) is 0 Å². The van der Waals surface area contributed by atoms with E-state index in [1.54, 1.807) is 0 Å². The number of hydrogen-bond donors (Lipinski definition) is 3. The summed E-state index contributed by atoms with van der Waals surface area (Å²) in [5, 5.41) is 18.3. The van der Waals surface area contributed by atoms with Crippen LogP contribution in [0.2, 0.25) is 0 Å². The second-order valence-electron chi connectivity index (χ2n) is 5.02. The molecule has 0 spiro atoms. The van der Waals surface area contributed by atoms with E-state index in [1.807, 2.05) is 67.6 Å². The maximum atomic E-state index is 10.0. The fourth-order valence-corrected chi connectivity index (χ4v) is 2.17. The Labute approximate surface area is 134 Å². The van der Waals surface area contributed by atoms with Crippen molar-refractivity contribution in [1.29, 1.82) is 0 Å². The smallest absolute Gasteiger partial charge is 0.257 e. The van der Waals surface area contributed by atoms with Gasteiger partial charge < -0.3 is 5.11 Å². The van der Waals surface area contributed by atoms with E-state index >= 15 is 0 Å². The molecule has 116 valence electrons. The van der Waals surface area contributed by atoms with Crippen molar-refractivity contribution < 1.29 is 5.11 Å². The Morgan fingerprint density at radius 1 is 0.913 bits per heavy atom. The predicted octanol–water partition coefficient (Wildman–Crippen LogP) is 2.45. The summed E-state index contributed by atoms with van der Waals surface area (Å²) in [4.78, 5) is 4.36. The van der Waals surface area contributed by atoms with Crippen molar-refractivity contribution in [3.63, 3.8) is 0 Å². The molecular weight excluding hydrogens is 290 g/mol. The molecule has 23 heavy (non-hydrogen) atoms. The Morgan fingerprint density at radius 3 is 2.22 bits per heavy atom. The van der Waals surface area contributed by atoms with Crippen LogP contribution < -0.4 is 10.9 Å². The molecule has 3 rings (SSSR count). The fraction of sp³-hybridized carbons (Fsp3) is 0.118. The Balaban J connectivity index is 1.69. The zero-order valence-electron chi connectivity index (χ0n) is 12.6. The highest BCUT2D eigenvalue weighted by molar-refractivity contribution is 5.60. The fourth-order valence-electron chi connectivity index (χ4n) is 2.17. The number of rotatable bonds is 5. The van der Waals surface area contributed by atoms with E-state index in [0.717, 1.165) is 22.5 Å². The standard InChI is InChI=1S/C17H17N5O/c1-12-15(13-8-4-2-5-9-13)19-21-17(18-12)22-20-16(23)14-10-6-3-7-11-14/h2-11,16,20,23H,1H3,(H,18,21,22). The van der Waals surface area contributed by atoms with Crippen LogP contribution in [0.5, 0.6) is 0 Å². The van der Waals surface area contributed by atoms with E-state index in [9.17, 15) is 5.11 Å². The Bertz CT molecular complexity index is 764. The number of hydrogen-bond acceptors (Lipinski definition) is 6. The van der Waals surface area contributed by atoms with Gasteiger partial charge in [0.2, 0.25) is 0 Å². The van der Waals surface area contributed by atoms with Crippen molar-refractivity contribution in [3.8, 4) is 11.3 Å². The summed E-state index contributed by atoms with van der Waals surface area (Å²) in [6, 6.07) is 19.0. The molecule has 0 saturated heterocycles. The summed E-state index contributed by atoms with van der Waals surface area (Å²) < 4.78 is 0. The second kappa shape index (κ2) is 6.95. The molecule has 3 aromatic rings. The first-order chi connectivity index (χ1) is 11.2. The SMILES string of the molecule is Cc1nc(NNC(O)c2ccccc2)nnc1-c1ccccc1. The summed E-state index contributed by atoms with van der Waals surface area (Å²) in [5.41, 5.74) is 8.72. The molecule has 0 fully saturated rings. The van der Waals surface area contributed by atoms with Gasteiger partial charge in [-0.05, 0) is 12.5 Å². The van der Waals surface area contributed by atoms with Crippen LogP contribution in [0.3, 0.4) is 0 Å². The monoisotopic (exact) mass is 307 g/mol. The summed E-state index contributed by atoms with van der Waals surface area (Å²) in [6.45, 7) is 1.87. The van der Waals surface area contributed by atoms with Gasteiger partial charge in [-0.15, -0.1) is 10.2 Å². The first-order valence-corrected chi connectivity index (χ1v) is 7.25. The predicted molar refractivity (Wildman–Crippen MR) is 88.2 cm³/mol. The maximum absolute atomic E-state index is 10.0. The van der Waals surface area contributed by atoms with Crippen LogP contribution >= 0.6 is 0 Å². The molecule has 1 heterocycles. The van der Waals surface area contributed by atoms with Crippen LogP contribution in [0.15, 0.2) is 60.7 Å². The summed E-state index contributed by atoms with van der Waals surface area (Å²) in [5.74, 6) is 0.303. The van der Waals surface area contributed by atoms with Gasteiger partial charge in [0, 0.05) is 5.56 Å². The van der Waals surface area contributed by atoms with Gasteiger partial charge in [-0.25, -0.2) is 10.4 Å². The number of hydrazine groups is 1. The van der Waals surface area contributed by atoms with Gasteiger partial charge in [-0.3, -0.25) is 5.43 Å². The van der Waals surface area contributed by atoms with Crippen LogP contribution in [-0.2, 0) is 0 Å². The number of aryl methyl sites for hydroxylation is 1. The number of aliphatic hydroxyl groups is 1. The lowest BCUT2D eigenvalue weighted by molar-refractivity contribution is 0.148. The number of nitrogens with zero attached hydrogens (tertiary/aromatic N) is 3. The molecule has 0 aliphatic heterocycles. The molecule has 1 unspecified atom stereocenters. The van der Waals surface area contributed by atoms with Crippen molar-refractivity contribution >= 4 is 5.95 Å². The average molecular weight is 307 g/mol. The quantitative estimate of drug-likeness (QED) is 0.496. The third kappa shape index (κ3) is 3.68. The average Bonchev–Trinajstić information content (AvgIpc) is 2.61. The molecule has 0 bridgehead atoms. The Kier molecular flexibility index (Phi) is 4.56. The Hall–Kier alpha value is -2.83. The first kappa shape index (κ1) is 15.1. The summed E-state index contributed by atoms with van der Waals surface area (Å²) in [7, 11) is 0. The molecule has 2 aromatic carbocycles. The van der Waals surface area contributed by atoms with E-state index in [-0.39, 0.29) is 0 Å². The zero-order chi connectivity index (χ0) is 16.1. The molecule has 0 aliphatic carbocycles. The third-order valence-electron chi connectivity index (χ3n) is 3.34. The number of aliphatic hydroxyl groups excluding tert-OH is 1. The molecule has 0 aliphatic rings. The molecule has 0 radical (unpaired) electrons. The van der Waals surface area contributed by atoms with Crippen LogP contribution in [-0.4, -0.2) is 20.3 Å².